The molecule has 4 nitrogen and oxygen atoms in total. The van der Waals surface area contributed by atoms with Crippen LogP contribution in [0.3, 0.4) is 0 Å². The van der Waals surface area contributed by atoms with E-state index >= 15 is 0 Å². The minimum Gasteiger partial charge on any atom is -0.347 e. The van der Waals surface area contributed by atoms with Crippen molar-refractivity contribution >= 4 is 21.8 Å². The first-order chi connectivity index (χ1) is 7.56. The topological polar surface area (TPSA) is 37.3 Å². The second-order valence-electron chi connectivity index (χ2n) is 4.38. The lowest BCUT2D eigenvalue weighted by Gasteiger charge is -2.12. The molecule has 0 saturated carbocycles. The van der Waals surface area contributed by atoms with E-state index in [0.29, 0.717) is 5.69 Å². The fourth-order valence-corrected chi connectivity index (χ4v) is 2.59. The number of nitrogens with one attached hydrogen (secondary N) is 1. The Kier molecular flexibility index (Phi) is 3.35. The summed E-state index contributed by atoms with van der Waals surface area (Å²) in [7, 11) is 3.95. The molecular weight excluding hydrogens is 270 g/mol. The van der Waals surface area contributed by atoms with Crippen molar-refractivity contribution in [1.29, 1.82) is 0 Å². The number of likely N-dealkylation sites (tertiary alicyclic amines) is 1. The Bertz CT molecular complexity index is 402. The SMILES string of the molecule is CN1CCC(NC(=O)c2cc(Br)cn2C)C1. The number of halogens is 1. The van der Waals surface area contributed by atoms with Crippen molar-refractivity contribution in [3.63, 3.8) is 0 Å². The Morgan fingerprint density at radius 2 is 2.31 bits per heavy atom. The Balaban J connectivity index is 2.00. The molecule has 1 aromatic heterocycles. The number of carbonyl (C=O) groups is 1. The fraction of sp³-hybridized carbons (Fsp3) is 0.545. The third-order valence-electron chi connectivity index (χ3n) is 2.93. The van der Waals surface area contributed by atoms with Gasteiger partial charge in [0.15, 0.2) is 0 Å². The maximum absolute atomic E-state index is 12.0. The second kappa shape index (κ2) is 4.59. The van der Waals surface area contributed by atoms with Gasteiger partial charge in [-0.1, -0.05) is 0 Å². The van der Waals surface area contributed by atoms with Gasteiger partial charge in [-0.3, -0.25) is 4.79 Å². The zero-order chi connectivity index (χ0) is 11.7. The van der Waals surface area contributed by atoms with Gasteiger partial charge in [0.05, 0.1) is 0 Å². The summed E-state index contributed by atoms with van der Waals surface area (Å²) in [5, 5.41) is 3.06. The van der Waals surface area contributed by atoms with E-state index in [4.69, 9.17) is 0 Å². The summed E-state index contributed by atoms with van der Waals surface area (Å²) >= 11 is 3.36. The first-order valence-electron chi connectivity index (χ1n) is 5.37. The van der Waals surface area contributed by atoms with E-state index in [1.165, 1.54) is 0 Å². The van der Waals surface area contributed by atoms with E-state index in [1.807, 2.05) is 23.9 Å². The molecule has 0 aliphatic carbocycles. The zero-order valence-electron chi connectivity index (χ0n) is 9.53. The number of nitrogens with zero attached hydrogens (tertiary/aromatic N) is 2. The highest BCUT2D eigenvalue weighted by Gasteiger charge is 2.22. The Morgan fingerprint density at radius 3 is 2.81 bits per heavy atom. The van der Waals surface area contributed by atoms with E-state index in [-0.39, 0.29) is 11.9 Å². The quantitative estimate of drug-likeness (QED) is 0.887. The molecule has 1 saturated heterocycles. The van der Waals surface area contributed by atoms with Crippen molar-refractivity contribution in [2.24, 2.45) is 7.05 Å². The average Bonchev–Trinajstić information content (AvgIpc) is 2.73. The van der Waals surface area contributed by atoms with E-state index < -0.39 is 0 Å². The van der Waals surface area contributed by atoms with Crippen LogP contribution < -0.4 is 5.32 Å². The zero-order valence-corrected chi connectivity index (χ0v) is 11.1. The number of hydrogen-bond donors (Lipinski definition) is 1. The highest BCUT2D eigenvalue weighted by atomic mass is 79.9. The van der Waals surface area contributed by atoms with Gasteiger partial charge in [0.1, 0.15) is 5.69 Å². The van der Waals surface area contributed by atoms with Crippen LogP contribution in [0.5, 0.6) is 0 Å². The first kappa shape index (κ1) is 11.7. The van der Waals surface area contributed by atoms with E-state index in [0.717, 1.165) is 24.0 Å². The van der Waals surface area contributed by atoms with Crippen LogP contribution in [0.1, 0.15) is 16.9 Å². The van der Waals surface area contributed by atoms with Crippen molar-refractivity contribution in [2.75, 3.05) is 20.1 Å². The smallest absolute Gasteiger partial charge is 0.268 e. The van der Waals surface area contributed by atoms with Crippen molar-refractivity contribution in [3.05, 3.63) is 22.4 Å². The van der Waals surface area contributed by atoms with Gasteiger partial charge in [0.25, 0.3) is 5.91 Å². The van der Waals surface area contributed by atoms with Crippen LogP contribution in [0.25, 0.3) is 0 Å². The largest absolute Gasteiger partial charge is 0.347 e. The second-order valence-corrected chi connectivity index (χ2v) is 5.29. The molecule has 1 atom stereocenters. The number of aromatic nitrogens is 1. The third kappa shape index (κ3) is 2.47. The maximum atomic E-state index is 12.0. The van der Waals surface area contributed by atoms with Crippen LogP contribution in [0.2, 0.25) is 0 Å². The monoisotopic (exact) mass is 285 g/mol. The van der Waals surface area contributed by atoms with Crippen molar-refractivity contribution in [2.45, 2.75) is 12.5 Å². The molecule has 88 valence electrons. The predicted molar refractivity (Wildman–Crippen MR) is 66.5 cm³/mol. The molecule has 0 spiro atoms. The van der Waals surface area contributed by atoms with Crippen molar-refractivity contribution in [1.82, 2.24) is 14.8 Å². The highest BCUT2D eigenvalue weighted by molar-refractivity contribution is 9.10. The summed E-state index contributed by atoms with van der Waals surface area (Å²) < 4.78 is 2.77. The minimum atomic E-state index is 0.00787. The number of hydrogen-bond acceptors (Lipinski definition) is 2. The molecule has 16 heavy (non-hydrogen) atoms. The molecule has 0 bridgehead atoms. The molecule has 1 aliphatic rings. The molecule has 0 aromatic carbocycles. The maximum Gasteiger partial charge on any atom is 0.268 e. The summed E-state index contributed by atoms with van der Waals surface area (Å²) in [6.07, 6.45) is 2.92. The molecule has 2 rings (SSSR count). The molecule has 5 heteroatoms. The summed E-state index contributed by atoms with van der Waals surface area (Å²) in [6, 6.07) is 2.12. The molecule has 1 unspecified atom stereocenters. The number of rotatable bonds is 2. The molecule has 1 N–H and O–H groups in total. The van der Waals surface area contributed by atoms with Gasteiger partial charge in [0, 0.05) is 30.3 Å². The summed E-state index contributed by atoms with van der Waals surface area (Å²) in [4.78, 5) is 14.2. The van der Waals surface area contributed by atoms with Crippen molar-refractivity contribution < 1.29 is 4.79 Å². The van der Waals surface area contributed by atoms with Crippen LogP contribution in [0.15, 0.2) is 16.7 Å². The third-order valence-corrected chi connectivity index (χ3v) is 3.36. The Morgan fingerprint density at radius 1 is 1.56 bits per heavy atom. The Labute approximate surface area is 104 Å². The lowest BCUT2D eigenvalue weighted by molar-refractivity contribution is 0.0930. The van der Waals surface area contributed by atoms with Crippen LogP contribution in [-0.2, 0) is 7.05 Å². The van der Waals surface area contributed by atoms with Gasteiger partial charge in [-0.15, -0.1) is 0 Å². The summed E-state index contributed by atoms with van der Waals surface area (Å²) in [5.41, 5.74) is 0.696. The van der Waals surface area contributed by atoms with Crippen LogP contribution in [0, 0.1) is 0 Å². The molecule has 1 amide bonds. The van der Waals surface area contributed by atoms with Gasteiger partial charge in [0.2, 0.25) is 0 Å². The van der Waals surface area contributed by atoms with Gasteiger partial charge in [-0.2, -0.15) is 0 Å². The number of likely N-dealkylation sites (N-methyl/N-ethyl adjacent to an activating group) is 1. The normalized spacial score (nSPS) is 21.3. The van der Waals surface area contributed by atoms with Gasteiger partial charge < -0.3 is 14.8 Å². The number of carbonyl (C=O) groups excluding carboxylic acids is 1. The molecular formula is C11H16BrN3O. The summed E-state index contributed by atoms with van der Waals surface area (Å²) in [5.74, 6) is 0.00787. The van der Waals surface area contributed by atoms with E-state index in [1.54, 1.807) is 0 Å². The number of aryl methyl sites for hydroxylation is 1. The molecule has 2 heterocycles. The number of amides is 1. The molecule has 1 fully saturated rings. The van der Waals surface area contributed by atoms with E-state index in [2.05, 4.69) is 33.2 Å². The lowest BCUT2D eigenvalue weighted by atomic mass is 10.2. The minimum absolute atomic E-state index is 0.00787. The predicted octanol–water partition coefficient (Wildman–Crippen LogP) is 1.22. The molecule has 1 aromatic rings. The standard InChI is InChI=1S/C11H16BrN3O/c1-14-4-3-9(7-14)13-11(16)10-5-8(12)6-15(10)2/h5-6,9H,3-4,7H2,1-2H3,(H,13,16). The fourth-order valence-electron chi connectivity index (χ4n) is 2.06. The lowest BCUT2D eigenvalue weighted by Crippen LogP contribution is -2.37. The van der Waals surface area contributed by atoms with Crippen LogP contribution >= 0.6 is 15.9 Å². The van der Waals surface area contributed by atoms with Gasteiger partial charge >= 0.3 is 0 Å². The van der Waals surface area contributed by atoms with Crippen LogP contribution in [-0.4, -0.2) is 41.6 Å². The van der Waals surface area contributed by atoms with Gasteiger partial charge in [-0.05, 0) is 42.0 Å². The molecule has 0 radical (unpaired) electrons. The Hall–Kier alpha value is -0.810. The summed E-state index contributed by atoms with van der Waals surface area (Å²) in [6.45, 7) is 2.00. The molecule has 1 aliphatic heterocycles. The van der Waals surface area contributed by atoms with Gasteiger partial charge in [-0.25, -0.2) is 0 Å². The average molecular weight is 286 g/mol. The van der Waals surface area contributed by atoms with Crippen molar-refractivity contribution in [3.8, 4) is 0 Å². The van der Waals surface area contributed by atoms with Crippen LogP contribution in [0.4, 0.5) is 0 Å². The highest BCUT2D eigenvalue weighted by Crippen LogP contribution is 2.14. The first-order valence-corrected chi connectivity index (χ1v) is 6.17. The van der Waals surface area contributed by atoms with E-state index in [9.17, 15) is 4.79 Å².